The van der Waals surface area contributed by atoms with Gasteiger partial charge in [0.1, 0.15) is 0 Å². The molecule has 0 fully saturated rings. The molecule has 0 unspecified atom stereocenters. The predicted molar refractivity (Wildman–Crippen MR) is 234 cm³/mol. The number of nitrogens with zero attached hydrogens (tertiary/aromatic N) is 1. The molecule has 11 rings (SSSR count). The van der Waals surface area contributed by atoms with Crippen LogP contribution in [0.2, 0.25) is 0 Å². The zero-order valence-corrected chi connectivity index (χ0v) is 30.8. The van der Waals surface area contributed by atoms with Crippen molar-refractivity contribution in [1.82, 2.24) is 0 Å². The smallest absolute Gasteiger partial charge is 0.0726 e. The van der Waals surface area contributed by atoms with Crippen LogP contribution >= 0.6 is 0 Å². The number of hydrogen-bond acceptors (Lipinski definition) is 1. The van der Waals surface area contributed by atoms with Gasteiger partial charge in [0.2, 0.25) is 0 Å². The molecule has 1 spiro atoms. The van der Waals surface area contributed by atoms with E-state index in [0.29, 0.717) is 0 Å². The van der Waals surface area contributed by atoms with Gasteiger partial charge < -0.3 is 4.90 Å². The normalized spacial score (nSPS) is 12.8. The van der Waals surface area contributed by atoms with Crippen molar-refractivity contribution in [3.05, 3.63) is 247 Å². The fourth-order valence-corrected chi connectivity index (χ4v) is 9.50. The lowest BCUT2D eigenvalue weighted by atomic mass is 9.70. The molecule has 0 radical (unpaired) electrons. The van der Waals surface area contributed by atoms with Gasteiger partial charge in [-0.15, -0.1) is 0 Å². The SMILES string of the molecule is c1ccc(-c2ccc(N(c3ccc(-c4ccccc4-c4ccccc4)cc3)c3ccc4c(c3)C3(c5ccccc5-c5ccccc53)c3ccccc3-4)cc2)cc1. The summed E-state index contributed by atoms with van der Waals surface area (Å²) in [6.07, 6.45) is 0. The van der Waals surface area contributed by atoms with Crippen LogP contribution in [-0.2, 0) is 5.41 Å². The Bertz CT molecular complexity index is 2820. The second kappa shape index (κ2) is 13.0. The maximum atomic E-state index is 2.47. The van der Waals surface area contributed by atoms with Crippen molar-refractivity contribution in [3.63, 3.8) is 0 Å². The molecule has 0 atom stereocenters. The van der Waals surface area contributed by atoms with Crippen LogP contribution < -0.4 is 4.90 Å². The topological polar surface area (TPSA) is 3.24 Å². The highest BCUT2D eigenvalue weighted by molar-refractivity contribution is 5.96. The van der Waals surface area contributed by atoms with Gasteiger partial charge in [-0.1, -0.05) is 188 Å². The van der Waals surface area contributed by atoms with Crippen molar-refractivity contribution in [3.8, 4) is 55.6 Å². The van der Waals surface area contributed by atoms with E-state index in [2.05, 4.69) is 229 Å². The average Bonchev–Trinajstić information content (AvgIpc) is 3.75. The first-order chi connectivity index (χ1) is 27.8. The first kappa shape index (κ1) is 32.2. The lowest BCUT2D eigenvalue weighted by Crippen LogP contribution is -2.26. The van der Waals surface area contributed by atoms with Crippen LogP contribution in [0, 0.1) is 0 Å². The first-order valence-electron chi connectivity index (χ1n) is 19.4. The Balaban J connectivity index is 1.10. The van der Waals surface area contributed by atoms with E-state index in [1.54, 1.807) is 0 Å². The van der Waals surface area contributed by atoms with E-state index in [9.17, 15) is 0 Å². The summed E-state index contributed by atoms with van der Waals surface area (Å²) in [4.78, 5) is 2.42. The van der Waals surface area contributed by atoms with Gasteiger partial charge in [-0.2, -0.15) is 0 Å². The molecule has 2 aliphatic carbocycles. The van der Waals surface area contributed by atoms with Crippen LogP contribution in [0.15, 0.2) is 224 Å². The lowest BCUT2D eigenvalue weighted by molar-refractivity contribution is 0.793. The summed E-state index contributed by atoms with van der Waals surface area (Å²) in [5, 5.41) is 0. The highest BCUT2D eigenvalue weighted by Gasteiger charge is 2.51. The zero-order chi connectivity index (χ0) is 37.1. The molecule has 9 aromatic carbocycles. The Morgan fingerprint density at radius 1 is 0.232 bits per heavy atom. The largest absolute Gasteiger partial charge is 0.310 e. The number of benzene rings is 9. The predicted octanol–water partition coefficient (Wildman–Crippen LogP) is 14.5. The maximum absolute atomic E-state index is 2.47. The summed E-state index contributed by atoms with van der Waals surface area (Å²) < 4.78 is 0. The molecule has 0 bridgehead atoms. The van der Waals surface area contributed by atoms with E-state index >= 15 is 0 Å². The van der Waals surface area contributed by atoms with Crippen molar-refractivity contribution in [2.45, 2.75) is 5.41 Å². The third-order valence-electron chi connectivity index (χ3n) is 11.9. The molecule has 262 valence electrons. The van der Waals surface area contributed by atoms with Crippen LogP contribution in [-0.4, -0.2) is 0 Å². The summed E-state index contributed by atoms with van der Waals surface area (Å²) in [5.74, 6) is 0. The van der Waals surface area contributed by atoms with Gasteiger partial charge in [-0.3, -0.25) is 0 Å². The monoisotopic (exact) mass is 711 g/mol. The maximum Gasteiger partial charge on any atom is 0.0726 e. The molecule has 1 nitrogen and oxygen atoms in total. The van der Waals surface area contributed by atoms with Gasteiger partial charge in [-0.25, -0.2) is 0 Å². The highest BCUT2D eigenvalue weighted by Crippen LogP contribution is 2.63. The molecular formula is C55H37N. The molecule has 0 aromatic heterocycles. The molecule has 2 aliphatic rings. The zero-order valence-electron chi connectivity index (χ0n) is 30.8. The number of hydrogen-bond donors (Lipinski definition) is 0. The van der Waals surface area contributed by atoms with Gasteiger partial charge in [-0.05, 0) is 114 Å². The third-order valence-corrected chi connectivity index (χ3v) is 11.9. The molecule has 0 amide bonds. The number of rotatable bonds is 6. The van der Waals surface area contributed by atoms with Crippen LogP contribution in [0.25, 0.3) is 55.6 Å². The van der Waals surface area contributed by atoms with Gasteiger partial charge in [0.25, 0.3) is 0 Å². The Hall–Kier alpha value is -7.22. The van der Waals surface area contributed by atoms with E-state index in [1.807, 2.05) is 0 Å². The number of fused-ring (bicyclic) bond motifs is 10. The van der Waals surface area contributed by atoms with Crippen molar-refractivity contribution in [2.75, 3.05) is 4.90 Å². The summed E-state index contributed by atoms with van der Waals surface area (Å²) >= 11 is 0. The second-order valence-electron chi connectivity index (χ2n) is 14.8. The Labute approximate surface area is 328 Å². The van der Waals surface area contributed by atoms with Gasteiger partial charge in [0, 0.05) is 17.1 Å². The molecule has 0 aliphatic heterocycles. The quantitative estimate of drug-likeness (QED) is 0.166. The highest BCUT2D eigenvalue weighted by atomic mass is 15.1. The summed E-state index contributed by atoms with van der Waals surface area (Å²) in [7, 11) is 0. The van der Waals surface area contributed by atoms with E-state index in [-0.39, 0.29) is 0 Å². The summed E-state index contributed by atoms with van der Waals surface area (Å²) in [6.45, 7) is 0. The van der Waals surface area contributed by atoms with Gasteiger partial charge in [0.05, 0.1) is 5.41 Å². The van der Waals surface area contributed by atoms with Crippen molar-refractivity contribution >= 4 is 17.1 Å². The minimum Gasteiger partial charge on any atom is -0.310 e. The minimum absolute atomic E-state index is 0.414. The fourth-order valence-electron chi connectivity index (χ4n) is 9.50. The van der Waals surface area contributed by atoms with Gasteiger partial charge in [0.15, 0.2) is 0 Å². The van der Waals surface area contributed by atoms with E-state index in [4.69, 9.17) is 0 Å². The molecule has 0 saturated carbocycles. The first-order valence-corrected chi connectivity index (χ1v) is 19.4. The molecule has 9 aromatic rings. The van der Waals surface area contributed by atoms with Crippen LogP contribution in [0.4, 0.5) is 17.1 Å². The molecule has 56 heavy (non-hydrogen) atoms. The van der Waals surface area contributed by atoms with E-state index in [0.717, 1.165) is 17.1 Å². The molecule has 0 N–H and O–H groups in total. The molecular weight excluding hydrogens is 675 g/mol. The van der Waals surface area contributed by atoms with Crippen LogP contribution in [0.5, 0.6) is 0 Å². The molecule has 0 saturated heterocycles. The van der Waals surface area contributed by atoms with E-state index < -0.39 is 5.41 Å². The van der Waals surface area contributed by atoms with Crippen molar-refractivity contribution < 1.29 is 0 Å². The van der Waals surface area contributed by atoms with Crippen LogP contribution in [0.1, 0.15) is 22.3 Å². The standard InChI is InChI=1S/C55H37N/c1-3-15-38(16-4-1)39-27-31-42(32-28-39)56(43-33-29-41(30-34-43)46-20-8-7-19-45(46)40-17-5-2-6-18-40)44-35-36-50-49-23-11-14-26-53(49)55(54(50)37-44)51-24-12-9-21-47(51)48-22-10-13-25-52(48)55/h1-37H. The van der Waals surface area contributed by atoms with E-state index in [1.165, 1.54) is 77.9 Å². The third kappa shape index (κ3) is 4.88. The summed E-state index contributed by atoms with van der Waals surface area (Å²) in [6, 6.07) is 82.3. The summed E-state index contributed by atoms with van der Waals surface area (Å²) in [5.41, 5.74) is 20.8. The molecule has 0 heterocycles. The molecule has 1 heteroatoms. The van der Waals surface area contributed by atoms with Crippen molar-refractivity contribution in [2.24, 2.45) is 0 Å². The Morgan fingerprint density at radius 2 is 0.571 bits per heavy atom. The van der Waals surface area contributed by atoms with Crippen LogP contribution in [0.3, 0.4) is 0 Å². The number of anilines is 3. The Morgan fingerprint density at radius 3 is 1.07 bits per heavy atom. The fraction of sp³-hybridized carbons (Fsp3) is 0.0182. The average molecular weight is 712 g/mol. The van der Waals surface area contributed by atoms with Crippen molar-refractivity contribution in [1.29, 1.82) is 0 Å². The second-order valence-corrected chi connectivity index (χ2v) is 14.8. The Kier molecular flexibility index (Phi) is 7.47. The minimum atomic E-state index is -0.414. The lowest BCUT2D eigenvalue weighted by Gasteiger charge is -2.32. The van der Waals surface area contributed by atoms with Gasteiger partial charge >= 0.3 is 0 Å².